The largest absolute Gasteiger partial charge is 0.0625 e. The molecule has 0 aromatic carbocycles. The zero-order chi connectivity index (χ0) is 16.5. The first kappa shape index (κ1) is 17.4. The van der Waals surface area contributed by atoms with Gasteiger partial charge in [0.25, 0.3) is 0 Å². The molecule has 0 heterocycles. The first-order valence-electron chi connectivity index (χ1n) is 11.7. The molecule has 0 nitrogen and oxygen atoms in total. The minimum absolute atomic E-state index is 1.02. The lowest BCUT2D eigenvalue weighted by Crippen LogP contribution is -2.43. The van der Waals surface area contributed by atoms with Crippen molar-refractivity contribution in [2.24, 2.45) is 47.3 Å². The van der Waals surface area contributed by atoms with Crippen LogP contribution in [0.4, 0.5) is 0 Å². The minimum Gasteiger partial charge on any atom is -0.0625 e. The van der Waals surface area contributed by atoms with Gasteiger partial charge in [0.2, 0.25) is 0 Å². The molecule has 0 radical (unpaired) electrons. The molecule has 0 spiro atoms. The second-order valence-electron chi connectivity index (χ2n) is 10.6. The van der Waals surface area contributed by atoms with Gasteiger partial charge in [-0.25, -0.2) is 0 Å². The molecule has 0 aromatic heterocycles. The van der Waals surface area contributed by atoms with Crippen LogP contribution in [0.25, 0.3) is 0 Å². The van der Waals surface area contributed by atoms with Gasteiger partial charge in [-0.1, -0.05) is 52.4 Å². The van der Waals surface area contributed by atoms with E-state index in [1.165, 1.54) is 25.7 Å². The summed E-state index contributed by atoms with van der Waals surface area (Å²) >= 11 is 0. The molecule has 4 atom stereocenters. The van der Waals surface area contributed by atoms with Crippen LogP contribution in [0.3, 0.4) is 0 Å². The standard InChI is InChI=1S/C24H42/c1-17-7-11-19(12-8-17)21-15-16-22(20-13-9-18(2)10-14-20)24-6-4-3-5-23(21)24/h17-24H,3-16H2,1-2H3. The summed E-state index contributed by atoms with van der Waals surface area (Å²) in [5, 5.41) is 0. The summed E-state index contributed by atoms with van der Waals surface area (Å²) in [6, 6.07) is 0. The Morgan fingerprint density at radius 3 is 1.12 bits per heavy atom. The molecule has 138 valence electrons. The van der Waals surface area contributed by atoms with E-state index in [0.29, 0.717) is 0 Å². The maximum Gasteiger partial charge on any atom is -0.0352 e. The van der Waals surface area contributed by atoms with E-state index in [2.05, 4.69) is 13.8 Å². The SMILES string of the molecule is CC1CCC(C2CCC(C3CCC(C)CC3)C3CCCCC23)CC1. The van der Waals surface area contributed by atoms with Crippen LogP contribution in [-0.2, 0) is 0 Å². The van der Waals surface area contributed by atoms with E-state index in [1.807, 2.05) is 0 Å². The van der Waals surface area contributed by atoms with Crippen LogP contribution in [0.5, 0.6) is 0 Å². The second kappa shape index (κ2) is 7.71. The third kappa shape index (κ3) is 3.59. The topological polar surface area (TPSA) is 0 Å². The summed E-state index contributed by atoms with van der Waals surface area (Å²) < 4.78 is 0. The fraction of sp³-hybridized carbons (Fsp3) is 1.00. The van der Waals surface area contributed by atoms with Crippen LogP contribution >= 0.6 is 0 Å². The van der Waals surface area contributed by atoms with Crippen LogP contribution in [0.1, 0.15) is 104 Å². The molecular weight excluding hydrogens is 288 g/mol. The van der Waals surface area contributed by atoms with Gasteiger partial charge in [-0.05, 0) is 98.7 Å². The van der Waals surface area contributed by atoms with Crippen molar-refractivity contribution in [1.29, 1.82) is 0 Å². The van der Waals surface area contributed by atoms with Crippen molar-refractivity contribution >= 4 is 0 Å². The van der Waals surface area contributed by atoms with Gasteiger partial charge in [-0.2, -0.15) is 0 Å². The Morgan fingerprint density at radius 1 is 0.375 bits per heavy atom. The van der Waals surface area contributed by atoms with Gasteiger partial charge in [0.05, 0.1) is 0 Å². The highest BCUT2D eigenvalue weighted by Crippen LogP contribution is 2.55. The lowest BCUT2D eigenvalue weighted by molar-refractivity contribution is -0.0220. The summed E-state index contributed by atoms with van der Waals surface area (Å²) in [5.41, 5.74) is 0. The quantitative estimate of drug-likeness (QED) is 0.492. The molecule has 4 saturated carbocycles. The Morgan fingerprint density at radius 2 is 0.750 bits per heavy atom. The first-order valence-corrected chi connectivity index (χ1v) is 11.7. The van der Waals surface area contributed by atoms with Gasteiger partial charge in [0, 0.05) is 0 Å². The molecule has 4 aliphatic carbocycles. The van der Waals surface area contributed by atoms with Crippen LogP contribution in [0, 0.1) is 47.3 Å². The molecule has 0 aromatic rings. The molecule has 0 amide bonds. The van der Waals surface area contributed by atoms with E-state index in [1.54, 1.807) is 64.2 Å². The van der Waals surface area contributed by atoms with Gasteiger partial charge < -0.3 is 0 Å². The first-order chi connectivity index (χ1) is 11.7. The Kier molecular flexibility index (Phi) is 5.59. The minimum atomic E-state index is 1.02. The molecule has 4 fully saturated rings. The summed E-state index contributed by atoms with van der Waals surface area (Å²) in [6.07, 6.45) is 21.9. The highest BCUT2D eigenvalue weighted by atomic mass is 14.5. The van der Waals surface area contributed by atoms with Gasteiger partial charge in [-0.15, -0.1) is 0 Å². The predicted molar refractivity (Wildman–Crippen MR) is 104 cm³/mol. The third-order valence-corrected chi connectivity index (χ3v) is 9.14. The highest BCUT2D eigenvalue weighted by Gasteiger charge is 2.45. The maximum atomic E-state index is 2.49. The summed E-state index contributed by atoms with van der Waals surface area (Å²) in [5.74, 6) is 8.78. The van der Waals surface area contributed by atoms with E-state index >= 15 is 0 Å². The van der Waals surface area contributed by atoms with Crippen molar-refractivity contribution in [3.8, 4) is 0 Å². The van der Waals surface area contributed by atoms with Gasteiger partial charge in [0.1, 0.15) is 0 Å². The van der Waals surface area contributed by atoms with E-state index < -0.39 is 0 Å². The number of fused-ring (bicyclic) bond motifs is 1. The maximum absolute atomic E-state index is 2.49. The van der Waals surface area contributed by atoms with Gasteiger partial charge in [-0.3, -0.25) is 0 Å². The van der Waals surface area contributed by atoms with Crippen molar-refractivity contribution < 1.29 is 0 Å². The molecule has 4 aliphatic rings. The fourth-order valence-electron chi connectivity index (χ4n) is 7.66. The zero-order valence-electron chi connectivity index (χ0n) is 16.5. The van der Waals surface area contributed by atoms with Crippen molar-refractivity contribution in [1.82, 2.24) is 0 Å². The molecule has 0 aliphatic heterocycles. The smallest absolute Gasteiger partial charge is 0.0352 e. The van der Waals surface area contributed by atoms with Crippen molar-refractivity contribution in [2.75, 3.05) is 0 Å². The fourth-order valence-corrected chi connectivity index (χ4v) is 7.66. The molecule has 0 saturated heterocycles. The van der Waals surface area contributed by atoms with Gasteiger partial charge >= 0.3 is 0 Å². The third-order valence-electron chi connectivity index (χ3n) is 9.14. The normalized spacial score (nSPS) is 50.2. The highest BCUT2D eigenvalue weighted by molar-refractivity contribution is 4.95. The molecular formula is C24H42. The van der Waals surface area contributed by atoms with E-state index in [0.717, 1.165) is 47.3 Å². The molecule has 0 N–H and O–H groups in total. The second-order valence-corrected chi connectivity index (χ2v) is 10.6. The molecule has 0 heteroatoms. The average molecular weight is 331 g/mol. The Labute approximate surface area is 151 Å². The van der Waals surface area contributed by atoms with Crippen molar-refractivity contribution in [2.45, 2.75) is 104 Å². The monoisotopic (exact) mass is 330 g/mol. The van der Waals surface area contributed by atoms with Crippen molar-refractivity contribution in [3.63, 3.8) is 0 Å². The van der Waals surface area contributed by atoms with Crippen LogP contribution in [0.2, 0.25) is 0 Å². The molecule has 4 unspecified atom stereocenters. The van der Waals surface area contributed by atoms with Gasteiger partial charge in [0.15, 0.2) is 0 Å². The van der Waals surface area contributed by atoms with Crippen LogP contribution < -0.4 is 0 Å². The zero-order valence-corrected chi connectivity index (χ0v) is 16.5. The number of rotatable bonds is 2. The van der Waals surface area contributed by atoms with Crippen LogP contribution in [-0.4, -0.2) is 0 Å². The van der Waals surface area contributed by atoms with Crippen molar-refractivity contribution in [3.05, 3.63) is 0 Å². The summed E-state index contributed by atoms with van der Waals surface area (Å²) in [7, 11) is 0. The average Bonchev–Trinajstić information content (AvgIpc) is 2.62. The summed E-state index contributed by atoms with van der Waals surface area (Å²) in [4.78, 5) is 0. The lowest BCUT2D eigenvalue weighted by atomic mass is 9.53. The number of hydrogen-bond acceptors (Lipinski definition) is 0. The Bertz CT molecular complexity index is 345. The Balaban J connectivity index is 1.43. The molecule has 24 heavy (non-hydrogen) atoms. The summed E-state index contributed by atoms with van der Waals surface area (Å²) in [6.45, 7) is 4.97. The van der Waals surface area contributed by atoms with Crippen LogP contribution in [0.15, 0.2) is 0 Å². The molecule has 0 bridgehead atoms. The predicted octanol–water partition coefficient (Wildman–Crippen LogP) is 7.47. The number of hydrogen-bond donors (Lipinski definition) is 0. The van der Waals surface area contributed by atoms with E-state index in [-0.39, 0.29) is 0 Å². The Hall–Kier alpha value is 0. The molecule has 4 rings (SSSR count). The van der Waals surface area contributed by atoms with E-state index in [9.17, 15) is 0 Å². The van der Waals surface area contributed by atoms with E-state index in [4.69, 9.17) is 0 Å². The lowest BCUT2D eigenvalue weighted by Gasteiger charge is -2.52.